The van der Waals surface area contributed by atoms with Crippen LogP contribution in [0.25, 0.3) is 0 Å². The molecule has 0 radical (unpaired) electrons. The van der Waals surface area contributed by atoms with E-state index in [4.69, 9.17) is 5.73 Å². The van der Waals surface area contributed by atoms with E-state index < -0.39 is 9.73 Å². The molecule has 4 rings (SSSR count). The molecule has 3 nitrogen and oxygen atoms in total. The molecule has 0 spiro atoms. The van der Waals surface area contributed by atoms with E-state index in [9.17, 15) is 4.21 Å². The van der Waals surface area contributed by atoms with E-state index in [1.165, 1.54) is 38.5 Å². The summed E-state index contributed by atoms with van der Waals surface area (Å²) in [6.07, 6.45) is 8.28. The standard InChI is InChI=1S/C14H26N2OS/c1-16-18(17,3-2-15)10-14-7-11-4-12(8-14)6-13(5-11)9-14/h11-13H,2-10,15H2,1H3. The molecule has 1 atom stereocenters. The minimum atomic E-state index is -2.04. The lowest BCUT2D eigenvalue weighted by molar-refractivity contribution is -0.0387. The van der Waals surface area contributed by atoms with Crippen LogP contribution in [-0.2, 0) is 9.73 Å². The lowest BCUT2D eigenvalue weighted by atomic mass is 9.50. The maximum atomic E-state index is 12.8. The van der Waals surface area contributed by atoms with Gasteiger partial charge < -0.3 is 5.73 Å². The largest absolute Gasteiger partial charge is 0.330 e. The van der Waals surface area contributed by atoms with Crippen LogP contribution in [0.1, 0.15) is 38.5 Å². The van der Waals surface area contributed by atoms with Crippen LogP contribution in [-0.4, -0.2) is 29.3 Å². The Labute approximate surface area is 111 Å². The van der Waals surface area contributed by atoms with Gasteiger partial charge in [-0.05, 0) is 61.7 Å². The first-order valence-corrected chi connectivity index (χ1v) is 9.22. The topological polar surface area (TPSA) is 55.5 Å². The van der Waals surface area contributed by atoms with Gasteiger partial charge in [0.1, 0.15) is 0 Å². The Kier molecular flexibility index (Phi) is 3.22. The highest BCUT2D eigenvalue weighted by molar-refractivity contribution is 7.93. The number of hydrogen-bond acceptors (Lipinski definition) is 3. The van der Waals surface area contributed by atoms with E-state index >= 15 is 0 Å². The molecule has 0 aliphatic heterocycles. The molecule has 4 saturated carbocycles. The number of nitrogens with two attached hydrogens (primary N) is 1. The number of nitrogens with zero attached hydrogens (tertiary/aromatic N) is 1. The minimum Gasteiger partial charge on any atom is -0.330 e. The van der Waals surface area contributed by atoms with Crippen molar-refractivity contribution < 1.29 is 4.21 Å². The second kappa shape index (κ2) is 4.48. The predicted octanol–water partition coefficient (Wildman–Crippen LogP) is 2.26. The fourth-order valence-corrected chi connectivity index (χ4v) is 7.49. The molecule has 0 aromatic heterocycles. The van der Waals surface area contributed by atoms with Gasteiger partial charge in [-0.3, -0.25) is 0 Å². The lowest BCUT2D eigenvalue weighted by Crippen LogP contribution is -2.49. The Hall–Kier alpha value is -0.0900. The van der Waals surface area contributed by atoms with E-state index in [2.05, 4.69) is 4.36 Å². The Balaban J connectivity index is 1.82. The molecule has 0 saturated heterocycles. The highest BCUT2D eigenvalue weighted by Gasteiger charge is 2.51. The first-order valence-electron chi connectivity index (χ1n) is 7.37. The third-order valence-electron chi connectivity index (χ3n) is 5.47. The van der Waals surface area contributed by atoms with Crippen molar-refractivity contribution in [1.82, 2.24) is 0 Å². The molecule has 1 unspecified atom stereocenters. The van der Waals surface area contributed by atoms with Gasteiger partial charge in [-0.1, -0.05) is 0 Å². The minimum absolute atomic E-state index is 0.362. The first-order chi connectivity index (χ1) is 8.56. The van der Waals surface area contributed by atoms with Crippen molar-refractivity contribution in [2.24, 2.45) is 33.3 Å². The highest BCUT2D eigenvalue weighted by atomic mass is 32.2. The van der Waals surface area contributed by atoms with Gasteiger partial charge in [-0.2, -0.15) is 0 Å². The molecule has 18 heavy (non-hydrogen) atoms. The molecule has 2 N–H and O–H groups in total. The van der Waals surface area contributed by atoms with Gasteiger partial charge in [-0.15, -0.1) is 0 Å². The molecule has 4 bridgehead atoms. The van der Waals surface area contributed by atoms with Crippen LogP contribution in [0.3, 0.4) is 0 Å². The van der Waals surface area contributed by atoms with Crippen LogP contribution in [0, 0.1) is 23.2 Å². The summed E-state index contributed by atoms with van der Waals surface area (Å²) in [6, 6.07) is 0. The molecule has 0 heterocycles. The molecule has 104 valence electrons. The van der Waals surface area contributed by atoms with Crippen molar-refractivity contribution >= 4 is 9.73 Å². The van der Waals surface area contributed by atoms with E-state index in [0.29, 0.717) is 17.7 Å². The second-order valence-electron chi connectivity index (χ2n) is 7.01. The molecule has 4 fully saturated rings. The van der Waals surface area contributed by atoms with Gasteiger partial charge in [0, 0.05) is 34.8 Å². The van der Waals surface area contributed by atoms with Crippen molar-refractivity contribution in [2.75, 3.05) is 25.1 Å². The molecule has 0 aromatic rings. The third kappa shape index (κ3) is 2.22. The molecule has 0 aromatic carbocycles. The summed E-state index contributed by atoms with van der Waals surface area (Å²) < 4.78 is 17.0. The normalized spacial score (nSPS) is 44.9. The van der Waals surface area contributed by atoms with E-state index in [0.717, 1.165) is 23.5 Å². The van der Waals surface area contributed by atoms with Crippen molar-refractivity contribution in [3.8, 4) is 0 Å². The summed E-state index contributed by atoms with van der Waals surface area (Å²) in [4.78, 5) is 0. The van der Waals surface area contributed by atoms with Crippen molar-refractivity contribution in [1.29, 1.82) is 0 Å². The van der Waals surface area contributed by atoms with Gasteiger partial charge in [-0.25, -0.2) is 8.57 Å². The Bertz CT molecular complexity index is 402. The lowest BCUT2D eigenvalue weighted by Gasteiger charge is -2.57. The predicted molar refractivity (Wildman–Crippen MR) is 75.9 cm³/mol. The fraction of sp³-hybridized carbons (Fsp3) is 1.00. The SMILES string of the molecule is CN=S(=O)(CCN)CC12CC3CC(CC(C3)C1)C2. The Morgan fingerprint density at radius 3 is 2.06 bits per heavy atom. The number of hydrogen-bond donors (Lipinski definition) is 1. The summed E-state index contributed by atoms with van der Waals surface area (Å²) in [5.41, 5.74) is 5.98. The molecule has 4 aliphatic carbocycles. The van der Waals surface area contributed by atoms with Crippen LogP contribution in [0.4, 0.5) is 0 Å². The fourth-order valence-electron chi connectivity index (χ4n) is 5.36. The van der Waals surface area contributed by atoms with Crippen LogP contribution >= 0.6 is 0 Å². The highest BCUT2D eigenvalue weighted by Crippen LogP contribution is 2.60. The number of rotatable bonds is 4. The third-order valence-corrected chi connectivity index (χ3v) is 8.07. The molecule has 4 heteroatoms. The van der Waals surface area contributed by atoms with Gasteiger partial charge in [0.05, 0.1) is 0 Å². The monoisotopic (exact) mass is 270 g/mol. The summed E-state index contributed by atoms with van der Waals surface area (Å²) in [5.74, 6) is 4.20. The van der Waals surface area contributed by atoms with Crippen molar-refractivity contribution in [2.45, 2.75) is 38.5 Å². The van der Waals surface area contributed by atoms with E-state index in [1.54, 1.807) is 7.05 Å². The maximum Gasteiger partial charge on any atom is 0.0482 e. The van der Waals surface area contributed by atoms with E-state index in [-0.39, 0.29) is 0 Å². The van der Waals surface area contributed by atoms with Gasteiger partial charge >= 0.3 is 0 Å². The maximum absolute atomic E-state index is 12.8. The van der Waals surface area contributed by atoms with Crippen LogP contribution in [0.5, 0.6) is 0 Å². The average molecular weight is 270 g/mol. The van der Waals surface area contributed by atoms with E-state index in [1.807, 2.05) is 0 Å². The second-order valence-corrected chi connectivity index (χ2v) is 9.62. The Morgan fingerprint density at radius 2 is 1.67 bits per heavy atom. The molecular weight excluding hydrogens is 244 g/mol. The zero-order chi connectivity index (χ0) is 12.8. The zero-order valence-corrected chi connectivity index (χ0v) is 12.3. The van der Waals surface area contributed by atoms with Gasteiger partial charge in [0.2, 0.25) is 0 Å². The summed E-state index contributed by atoms with van der Waals surface area (Å²) in [7, 11) is -0.319. The molecule has 0 amide bonds. The quantitative estimate of drug-likeness (QED) is 0.852. The molecule has 4 aliphatic rings. The van der Waals surface area contributed by atoms with Crippen LogP contribution in [0.2, 0.25) is 0 Å². The Morgan fingerprint density at radius 1 is 1.17 bits per heavy atom. The van der Waals surface area contributed by atoms with Crippen LogP contribution < -0.4 is 5.73 Å². The zero-order valence-electron chi connectivity index (χ0n) is 11.4. The van der Waals surface area contributed by atoms with Gasteiger partial charge in [0.25, 0.3) is 0 Å². The van der Waals surface area contributed by atoms with Crippen molar-refractivity contribution in [3.05, 3.63) is 0 Å². The smallest absolute Gasteiger partial charge is 0.0482 e. The van der Waals surface area contributed by atoms with Crippen molar-refractivity contribution in [3.63, 3.8) is 0 Å². The summed E-state index contributed by atoms with van der Waals surface area (Å²) in [6.45, 7) is 0.503. The van der Waals surface area contributed by atoms with Crippen LogP contribution in [0.15, 0.2) is 4.36 Å². The molecular formula is C14H26N2OS. The summed E-state index contributed by atoms with van der Waals surface area (Å²) in [5, 5.41) is 0. The van der Waals surface area contributed by atoms with Gasteiger partial charge in [0.15, 0.2) is 0 Å². The average Bonchev–Trinajstić information content (AvgIpc) is 2.26. The summed E-state index contributed by atoms with van der Waals surface area (Å²) >= 11 is 0. The first kappa shape index (κ1) is 12.9.